The molecule has 4 nitrogen and oxygen atoms in total. The Morgan fingerprint density at radius 3 is 2.62 bits per heavy atom. The number of primary amides is 1. The lowest BCUT2D eigenvalue weighted by Crippen LogP contribution is -2.21. The van der Waals surface area contributed by atoms with Crippen molar-refractivity contribution in [2.75, 3.05) is 0 Å². The number of nitrogens with two attached hydrogens (primary N) is 1. The first-order valence-electron chi connectivity index (χ1n) is 4.09. The van der Waals surface area contributed by atoms with Crippen LogP contribution in [0.5, 0.6) is 0 Å². The molecule has 0 saturated carbocycles. The smallest absolute Gasteiger partial charge is 0.366 e. The zero-order chi connectivity index (χ0) is 12.3. The van der Waals surface area contributed by atoms with E-state index in [9.17, 15) is 18.0 Å². The molecule has 0 saturated heterocycles. The average Bonchev–Trinajstić information content (AvgIpc) is 2.16. The molecular weight excluding hydrogens is 223 g/mol. The van der Waals surface area contributed by atoms with Crippen LogP contribution in [-0.4, -0.2) is 10.9 Å². The summed E-state index contributed by atoms with van der Waals surface area (Å²) in [5.41, 5.74) is 2.69. The molecule has 0 unspecified atom stereocenters. The van der Waals surface area contributed by atoms with Gasteiger partial charge in [0.25, 0.3) is 5.91 Å². The van der Waals surface area contributed by atoms with E-state index in [-0.39, 0.29) is 5.69 Å². The number of aromatic nitrogens is 1. The third kappa shape index (κ3) is 2.28. The van der Waals surface area contributed by atoms with Gasteiger partial charge in [-0.3, -0.25) is 9.78 Å². The quantitative estimate of drug-likeness (QED) is 0.829. The van der Waals surface area contributed by atoms with Crippen molar-refractivity contribution in [3.05, 3.63) is 29.1 Å². The highest BCUT2D eigenvalue weighted by Crippen LogP contribution is 2.32. The van der Waals surface area contributed by atoms with Gasteiger partial charge in [-0.25, -0.2) is 0 Å². The van der Waals surface area contributed by atoms with E-state index in [4.69, 9.17) is 11.0 Å². The summed E-state index contributed by atoms with van der Waals surface area (Å²) in [6.45, 7) is 0. The molecule has 0 atom stereocenters. The van der Waals surface area contributed by atoms with E-state index >= 15 is 0 Å². The molecule has 84 valence electrons. The molecule has 2 N–H and O–H groups in total. The van der Waals surface area contributed by atoms with Crippen molar-refractivity contribution in [2.45, 2.75) is 12.6 Å². The summed E-state index contributed by atoms with van der Waals surface area (Å²) in [5, 5.41) is 8.40. The minimum Gasteiger partial charge on any atom is -0.366 e. The van der Waals surface area contributed by atoms with Gasteiger partial charge in [-0.1, -0.05) is 0 Å². The van der Waals surface area contributed by atoms with Gasteiger partial charge >= 0.3 is 6.18 Å². The summed E-state index contributed by atoms with van der Waals surface area (Å²) < 4.78 is 37.5. The molecule has 1 rings (SSSR count). The molecule has 0 fully saturated rings. The van der Waals surface area contributed by atoms with E-state index in [1.165, 1.54) is 0 Å². The van der Waals surface area contributed by atoms with Crippen LogP contribution in [-0.2, 0) is 12.6 Å². The molecule has 1 aromatic rings. The maximum Gasteiger partial charge on any atom is 0.417 e. The van der Waals surface area contributed by atoms with Crippen LogP contribution < -0.4 is 5.73 Å². The van der Waals surface area contributed by atoms with Crippen molar-refractivity contribution < 1.29 is 18.0 Å². The monoisotopic (exact) mass is 229 g/mol. The number of alkyl halides is 3. The second-order valence-electron chi connectivity index (χ2n) is 2.88. The molecular formula is C9H6F3N3O. The van der Waals surface area contributed by atoms with Gasteiger partial charge in [0.2, 0.25) is 0 Å². The average molecular weight is 229 g/mol. The summed E-state index contributed by atoms with van der Waals surface area (Å²) in [6.07, 6.45) is -4.21. The summed E-state index contributed by atoms with van der Waals surface area (Å²) in [5.74, 6) is -1.24. The number of amides is 1. The predicted molar refractivity (Wildman–Crippen MR) is 47.1 cm³/mol. The highest BCUT2D eigenvalue weighted by molar-refractivity contribution is 5.95. The van der Waals surface area contributed by atoms with Gasteiger partial charge in [0.15, 0.2) is 0 Å². The number of halogens is 3. The molecule has 1 aromatic heterocycles. The van der Waals surface area contributed by atoms with Gasteiger partial charge in [0.1, 0.15) is 0 Å². The molecule has 16 heavy (non-hydrogen) atoms. The Labute approximate surface area is 88.5 Å². The lowest BCUT2D eigenvalue weighted by atomic mass is 10.0. The molecule has 1 heterocycles. The second kappa shape index (κ2) is 4.18. The number of carbonyl (C=O) groups is 1. The van der Waals surface area contributed by atoms with E-state index in [0.717, 1.165) is 6.20 Å². The fraction of sp³-hybridized carbons (Fsp3) is 0.222. The Morgan fingerprint density at radius 2 is 2.19 bits per heavy atom. The topological polar surface area (TPSA) is 79.8 Å². The molecule has 0 radical (unpaired) electrons. The van der Waals surface area contributed by atoms with Gasteiger partial charge < -0.3 is 5.73 Å². The summed E-state index contributed by atoms with van der Waals surface area (Å²) >= 11 is 0. The standard InChI is InChI=1S/C9H6F3N3O/c10-9(11,12)5-2-4-15-6(1-3-13)7(5)8(14)16/h2,4H,1H2,(H2,14,16). The van der Waals surface area contributed by atoms with Crippen LogP contribution in [0.1, 0.15) is 21.6 Å². The molecule has 0 bridgehead atoms. The van der Waals surface area contributed by atoms with Crippen molar-refractivity contribution >= 4 is 5.91 Å². The number of pyridine rings is 1. The molecule has 1 amide bonds. The first kappa shape index (κ1) is 12.0. The number of carbonyl (C=O) groups excluding carboxylic acids is 1. The second-order valence-corrected chi connectivity index (χ2v) is 2.88. The van der Waals surface area contributed by atoms with Gasteiger partial charge in [0, 0.05) is 6.20 Å². The Bertz CT molecular complexity index is 462. The van der Waals surface area contributed by atoms with Crippen LogP contribution in [0, 0.1) is 11.3 Å². The lowest BCUT2D eigenvalue weighted by molar-refractivity contribution is -0.138. The Hall–Kier alpha value is -2.10. The van der Waals surface area contributed by atoms with Crippen LogP contribution in [0.2, 0.25) is 0 Å². The third-order valence-electron chi connectivity index (χ3n) is 1.83. The van der Waals surface area contributed by atoms with E-state index < -0.39 is 29.6 Å². The number of rotatable bonds is 2. The lowest BCUT2D eigenvalue weighted by Gasteiger charge is -2.12. The maximum absolute atomic E-state index is 12.5. The van der Waals surface area contributed by atoms with Gasteiger partial charge in [-0.15, -0.1) is 0 Å². The normalized spacial score (nSPS) is 10.9. The Kier molecular flexibility index (Phi) is 3.13. The first-order chi connectivity index (χ1) is 7.38. The first-order valence-corrected chi connectivity index (χ1v) is 4.09. The fourth-order valence-electron chi connectivity index (χ4n) is 1.23. The van der Waals surface area contributed by atoms with E-state index in [2.05, 4.69) is 4.98 Å². The van der Waals surface area contributed by atoms with Crippen LogP contribution in [0.15, 0.2) is 12.3 Å². The SMILES string of the molecule is N#CCc1nccc(C(F)(F)F)c1C(N)=O. The van der Waals surface area contributed by atoms with Gasteiger partial charge in [-0.05, 0) is 6.07 Å². The predicted octanol–water partition coefficient (Wildman–Crippen LogP) is 1.27. The summed E-state index contributed by atoms with van der Waals surface area (Å²) in [4.78, 5) is 14.5. The minimum absolute atomic E-state index is 0.259. The van der Waals surface area contributed by atoms with Crippen molar-refractivity contribution in [3.8, 4) is 6.07 Å². The Morgan fingerprint density at radius 1 is 1.56 bits per heavy atom. The van der Waals surface area contributed by atoms with E-state index in [0.29, 0.717) is 6.07 Å². The fourth-order valence-corrected chi connectivity index (χ4v) is 1.23. The van der Waals surface area contributed by atoms with Crippen molar-refractivity contribution in [1.29, 1.82) is 5.26 Å². The summed E-state index contributed by atoms with van der Waals surface area (Å²) in [7, 11) is 0. The van der Waals surface area contributed by atoms with Crippen molar-refractivity contribution in [2.24, 2.45) is 5.73 Å². The highest BCUT2D eigenvalue weighted by Gasteiger charge is 2.36. The largest absolute Gasteiger partial charge is 0.417 e. The number of nitrogens with zero attached hydrogens (tertiary/aromatic N) is 2. The van der Waals surface area contributed by atoms with E-state index in [1.807, 2.05) is 0 Å². The van der Waals surface area contributed by atoms with Crippen molar-refractivity contribution in [3.63, 3.8) is 0 Å². The van der Waals surface area contributed by atoms with Crippen molar-refractivity contribution in [1.82, 2.24) is 4.98 Å². The van der Waals surface area contributed by atoms with E-state index in [1.54, 1.807) is 6.07 Å². The zero-order valence-corrected chi connectivity index (χ0v) is 7.88. The molecule has 0 aliphatic heterocycles. The highest BCUT2D eigenvalue weighted by atomic mass is 19.4. The van der Waals surface area contributed by atoms with Crippen LogP contribution >= 0.6 is 0 Å². The Balaban J connectivity index is 3.46. The minimum atomic E-state index is -4.70. The van der Waals surface area contributed by atoms with Gasteiger partial charge in [-0.2, -0.15) is 18.4 Å². The molecule has 0 aromatic carbocycles. The van der Waals surface area contributed by atoms with Crippen LogP contribution in [0.3, 0.4) is 0 Å². The van der Waals surface area contributed by atoms with Gasteiger partial charge in [0.05, 0.1) is 29.3 Å². The molecule has 7 heteroatoms. The zero-order valence-electron chi connectivity index (χ0n) is 7.88. The van der Waals surface area contributed by atoms with Crippen LogP contribution in [0.25, 0.3) is 0 Å². The molecule has 0 aliphatic carbocycles. The number of hydrogen-bond acceptors (Lipinski definition) is 3. The number of hydrogen-bond donors (Lipinski definition) is 1. The third-order valence-corrected chi connectivity index (χ3v) is 1.83. The maximum atomic E-state index is 12.5. The summed E-state index contributed by atoms with van der Waals surface area (Å²) in [6, 6.07) is 2.27. The molecule has 0 aliphatic rings. The molecule has 0 spiro atoms. The van der Waals surface area contributed by atoms with Crippen LogP contribution in [0.4, 0.5) is 13.2 Å². The number of nitriles is 1.